The molecule has 0 heterocycles. The molecule has 0 amide bonds. The summed E-state index contributed by atoms with van der Waals surface area (Å²) in [5.41, 5.74) is 6.15. The fourth-order valence-electron chi connectivity index (χ4n) is 1.16. The van der Waals surface area contributed by atoms with Gasteiger partial charge in [0.25, 0.3) is 0 Å². The number of nitrogens with two attached hydrogens (primary N) is 1. The van der Waals surface area contributed by atoms with Crippen molar-refractivity contribution in [3.05, 3.63) is 24.0 Å². The average molecular weight is 225 g/mol. The minimum absolute atomic E-state index is 0.203. The Kier molecular flexibility index (Phi) is 4.57. The first-order valence-electron chi connectivity index (χ1n) is 5.08. The van der Waals surface area contributed by atoms with Crippen LogP contribution in [-0.4, -0.2) is 19.6 Å². The Morgan fingerprint density at radius 1 is 1.56 bits per heavy atom. The zero-order valence-corrected chi connectivity index (χ0v) is 9.46. The number of halogens is 1. The number of methoxy groups -OCH3 is 1. The molecule has 0 aromatic heterocycles. The maximum Gasteiger partial charge on any atom is 0.193 e. The van der Waals surface area contributed by atoms with E-state index in [0.29, 0.717) is 12.2 Å². The lowest BCUT2D eigenvalue weighted by Gasteiger charge is -2.07. The maximum atomic E-state index is 13.3. The third-order valence-corrected chi connectivity index (χ3v) is 1.93. The Labute approximate surface area is 94.3 Å². The lowest BCUT2D eigenvalue weighted by atomic mass is 10.3. The van der Waals surface area contributed by atoms with Crippen molar-refractivity contribution in [2.45, 2.75) is 13.3 Å². The summed E-state index contributed by atoms with van der Waals surface area (Å²) in [6.45, 7) is 2.65. The van der Waals surface area contributed by atoms with Crippen LogP contribution in [0.1, 0.15) is 13.3 Å². The molecule has 0 spiro atoms. The fraction of sp³-hybridized carbons (Fsp3) is 0.364. The number of hydrogen-bond donors (Lipinski definition) is 2. The van der Waals surface area contributed by atoms with E-state index in [2.05, 4.69) is 10.3 Å². The molecule has 0 atom stereocenters. The molecule has 1 aromatic rings. The fourth-order valence-corrected chi connectivity index (χ4v) is 1.16. The summed E-state index contributed by atoms with van der Waals surface area (Å²) in [5, 5.41) is 2.80. The van der Waals surface area contributed by atoms with Crippen molar-refractivity contribution in [1.82, 2.24) is 0 Å². The first kappa shape index (κ1) is 12.3. The number of anilines is 1. The molecule has 3 N–H and O–H groups in total. The molecule has 0 bridgehead atoms. The summed E-state index contributed by atoms with van der Waals surface area (Å²) < 4.78 is 18.1. The Bertz CT molecular complexity index is 379. The number of rotatable bonds is 4. The Morgan fingerprint density at radius 2 is 2.31 bits per heavy atom. The molecule has 1 rings (SSSR count). The van der Waals surface area contributed by atoms with E-state index in [0.717, 1.165) is 6.42 Å². The molecule has 1 aromatic carbocycles. The topological polar surface area (TPSA) is 59.6 Å². The second-order valence-corrected chi connectivity index (χ2v) is 3.24. The molecule has 4 nitrogen and oxygen atoms in total. The highest BCUT2D eigenvalue weighted by atomic mass is 19.1. The summed E-state index contributed by atoms with van der Waals surface area (Å²) in [6, 6.07) is 4.52. The second-order valence-electron chi connectivity index (χ2n) is 3.24. The van der Waals surface area contributed by atoms with Crippen LogP contribution in [0.15, 0.2) is 23.2 Å². The van der Waals surface area contributed by atoms with E-state index in [9.17, 15) is 4.39 Å². The van der Waals surface area contributed by atoms with E-state index in [4.69, 9.17) is 10.5 Å². The van der Waals surface area contributed by atoms with Gasteiger partial charge in [-0.3, -0.25) is 4.99 Å². The van der Waals surface area contributed by atoms with Gasteiger partial charge in [0.05, 0.1) is 7.11 Å². The van der Waals surface area contributed by atoms with E-state index in [1.165, 1.54) is 19.2 Å². The van der Waals surface area contributed by atoms with Gasteiger partial charge in [-0.1, -0.05) is 6.92 Å². The van der Waals surface area contributed by atoms with Crippen LogP contribution in [0.5, 0.6) is 5.75 Å². The van der Waals surface area contributed by atoms with Crippen molar-refractivity contribution in [1.29, 1.82) is 0 Å². The van der Waals surface area contributed by atoms with Crippen LogP contribution in [0.2, 0.25) is 0 Å². The van der Waals surface area contributed by atoms with Crippen molar-refractivity contribution in [2.75, 3.05) is 19.0 Å². The van der Waals surface area contributed by atoms with Gasteiger partial charge in [-0.15, -0.1) is 0 Å². The van der Waals surface area contributed by atoms with Gasteiger partial charge in [0, 0.05) is 18.3 Å². The summed E-state index contributed by atoms with van der Waals surface area (Å²) in [4.78, 5) is 4.04. The summed E-state index contributed by atoms with van der Waals surface area (Å²) >= 11 is 0. The third kappa shape index (κ3) is 3.42. The average Bonchev–Trinajstić information content (AvgIpc) is 2.26. The number of guanidine groups is 1. The van der Waals surface area contributed by atoms with Crippen molar-refractivity contribution < 1.29 is 9.13 Å². The van der Waals surface area contributed by atoms with Crippen LogP contribution >= 0.6 is 0 Å². The molecule has 0 aliphatic heterocycles. The zero-order chi connectivity index (χ0) is 12.0. The normalized spacial score (nSPS) is 11.3. The molecule has 0 saturated carbocycles. The van der Waals surface area contributed by atoms with Gasteiger partial charge in [0.1, 0.15) is 0 Å². The highest BCUT2D eigenvalue weighted by Gasteiger charge is 2.03. The smallest absolute Gasteiger partial charge is 0.193 e. The van der Waals surface area contributed by atoms with E-state index in [1.54, 1.807) is 6.07 Å². The number of ether oxygens (including phenoxy) is 1. The van der Waals surface area contributed by atoms with E-state index in [1.807, 2.05) is 6.92 Å². The van der Waals surface area contributed by atoms with E-state index < -0.39 is 5.82 Å². The summed E-state index contributed by atoms with van der Waals surface area (Å²) in [6.07, 6.45) is 0.916. The van der Waals surface area contributed by atoms with Crippen molar-refractivity contribution in [2.24, 2.45) is 10.7 Å². The predicted octanol–water partition coefficient (Wildman–Crippen LogP) is 1.97. The third-order valence-electron chi connectivity index (χ3n) is 1.93. The van der Waals surface area contributed by atoms with Gasteiger partial charge in [-0.05, 0) is 18.6 Å². The molecule has 0 saturated heterocycles. The minimum Gasteiger partial charge on any atom is -0.494 e. The van der Waals surface area contributed by atoms with Gasteiger partial charge < -0.3 is 15.8 Å². The molecular weight excluding hydrogens is 209 g/mol. The molecular formula is C11H16FN3O. The van der Waals surface area contributed by atoms with Crippen molar-refractivity contribution in [3.8, 4) is 5.75 Å². The Morgan fingerprint density at radius 3 is 2.88 bits per heavy atom. The molecule has 88 valence electrons. The minimum atomic E-state index is -0.434. The van der Waals surface area contributed by atoms with E-state index in [-0.39, 0.29) is 11.7 Å². The lowest BCUT2D eigenvalue weighted by Crippen LogP contribution is -2.22. The molecule has 16 heavy (non-hydrogen) atoms. The molecule has 5 heteroatoms. The predicted molar refractivity (Wildman–Crippen MR) is 63.4 cm³/mol. The quantitative estimate of drug-likeness (QED) is 0.608. The van der Waals surface area contributed by atoms with Crippen LogP contribution in [-0.2, 0) is 0 Å². The molecule has 0 fully saturated rings. The standard InChI is InChI=1S/C11H16FN3O/c1-3-6-14-11(13)15-8-4-5-10(16-2)9(12)7-8/h4-5,7H,3,6H2,1-2H3,(H3,13,14,15). The number of nitrogens with zero attached hydrogens (tertiary/aromatic N) is 1. The lowest BCUT2D eigenvalue weighted by molar-refractivity contribution is 0.387. The highest BCUT2D eigenvalue weighted by molar-refractivity contribution is 5.92. The van der Waals surface area contributed by atoms with Crippen LogP contribution in [0.3, 0.4) is 0 Å². The molecule has 0 aliphatic carbocycles. The highest BCUT2D eigenvalue weighted by Crippen LogP contribution is 2.20. The van der Waals surface area contributed by atoms with Gasteiger partial charge >= 0.3 is 0 Å². The summed E-state index contributed by atoms with van der Waals surface area (Å²) in [7, 11) is 1.42. The number of benzene rings is 1. The first-order chi connectivity index (χ1) is 7.67. The number of nitrogens with one attached hydrogen (secondary N) is 1. The first-order valence-corrected chi connectivity index (χ1v) is 5.08. The van der Waals surface area contributed by atoms with Crippen LogP contribution in [0, 0.1) is 5.82 Å². The Balaban J connectivity index is 2.71. The Hall–Kier alpha value is -1.78. The van der Waals surface area contributed by atoms with Crippen molar-refractivity contribution >= 4 is 11.6 Å². The van der Waals surface area contributed by atoms with Crippen LogP contribution < -0.4 is 15.8 Å². The molecule has 0 radical (unpaired) electrons. The van der Waals surface area contributed by atoms with Crippen molar-refractivity contribution in [3.63, 3.8) is 0 Å². The SMILES string of the molecule is CCCN=C(N)Nc1ccc(OC)c(F)c1. The maximum absolute atomic E-state index is 13.3. The number of hydrogen-bond acceptors (Lipinski definition) is 2. The number of aliphatic imine (C=N–C) groups is 1. The monoisotopic (exact) mass is 225 g/mol. The van der Waals surface area contributed by atoms with E-state index >= 15 is 0 Å². The second kappa shape index (κ2) is 5.95. The zero-order valence-electron chi connectivity index (χ0n) is 9.46. The largest absolute Gasteiger partial charge is 0.494 e. The molecule has 0 aliphatic rings. The molecule has 0 unspecified atom stereocenters. The van der Waals surface area contributed by atoms with Gasteiger partial charge in [-0.2, -0.15) is 0 Å². The summed E-state index contributed by atoms with van der Waals surface area (Å²) in [5.74, 6) is 0.0526. The van der Waals surface area contributed by atoms with Crippen LogP contribution in [0.25, 0.3) is 0 Å². The van der Waals surface area contributed by atoms with Gasteiger partial charge in [-0.25, -0.2) is 4.39 Å². The van der Waals surface area contributed by atoms with Gasteiger partial charge in [0.15, 0.2) is 17.5 Å². The van der Waals surface area contributed by atoms with Gasteiger partial charge in [0.2, 0.25) is 0 Å². The van der Waals surface area contributed by atoms with Crippen LogP contribution in [0.4, 0.5) is 10.1 Å².